The molecule has 0 saturated carbocycles. The number of hydrogen-bond donors (Lipinski definition) is 0. The zero-order chi connectivity index (χ0) is 8.69. The van der Waals surface area contributed by atoms with E-state index in [1.807, 2.05) is 11.8 Å². The first kappa shape index (κ1) is 11.8. The van der Waals surface area contributed by atoms with E-state index in [4.69, 9.17) is 0 Å². The van der Waals surface area contributed by atoms with Gasteiger partial charge in [0, 0.05) is 4.83 Å². The van der Waals surface area contributed by atoms with Crippen LogP contribution in [-0.4, -0.2) is 16.3 Å². The molecule has 0 spiro atoms. The largest absolute Gasteiger partial charge is 0.162 e. The average molecular weight is 239 g/mol. The van der Waals surface area contributed by atoms with Crippen molar-refractivity contribution in [3.05, 3.63) is 0 Å². The highest BCUT2D eigenvalue weighted by Crippen LogP contribution is 2.18. The van der Waals surface area contributed by atoms with Gasteiger partial charge in [0.05, 0.1) is 0 Å². The molecular weight excluding hydrogens is 220 g/mol. The first-order valence-corrected chi connectivity index (χ1v) is 6.47. The minimum absolute atomic E-state index is 0.675. The van der Waals surface area contributed by atoms with E-state index in [2.05, 4.69) is 36.7 Å². The summed E-state index contributed by atoms with van der Waals surface area (Å²) in [7, 11) is 0. The SMILES string of the molecule is CCSCCCC(C)C(C)Br. The lowest BCUT2D eigenvalue weighted by molar-refractivity contribution is 0.528. The highest BCUT2D eigenvalue weighted by atomic mass is 79.9. The molecule has 0 aliphatic carbocycles. The molecular formula is C9H19BrS. The third kappa shape index (κ3) is 7.20. The van der Waals surface area contributed by atoms with Crippen LogP contribution in [0.25, 0.3) is 0 Å². The summed E-state index contributed by atoms with van der Waals surface area (Å²) >= 11 is 5.65. The topological polar surface area (TPSA) is 0 Å². The van der Waals surface area contributed by atoms with E-state index in [0.717, 1.165) is 5.92 Å². The molecule has 0 saturated heterocycles. The molecule has 11 heavy (non-hydrogen) atoms. The molecule has 2 heteroatoms. The van der Waals surface area contributed by atoms with Crippen LogP contribution in [0.5, 0.6) is 0 Å². The number of rotatable bonds is 6. The molecule has 0 aromatic heterocycles. The first-order valence-electron chi connectivity index (χ1n) is 4.40. The Morgan fingerprint density at radius 1 is 1.36 bits per heavy atom. The smallest absolute Gasteiger partial charge is 0.0143 e. The third-order valence-corrected chi connectivity index (χ3v) is 3.82. The number of hydrogen-bond acceptors (Lipinski definition) is 1. The van der Waals surface area contributed by atoms with Crippen LogP contribution in [0, 0.1) is 5.92 Å². The molecule has 0 nitrogen and oxygen atoms in total. The lowest BCUT2D eigenvalue weighted by Crippen LogP contribution is -2.06. The Labute approximate surface area is 83.6 Å². The van der Waals surface area contributed by atoms with Crippen molar-refractivity contribution >= 4 is 27.7 Å². The van der Waals surface area contributed by atoms with Crippen LogP contribution in [0.3, 0.4) is 0 Å². The van der Waals surface area contributed by atoms with Crippen LogP contribution in [0.4, 0.5) is 0 Å². The van der Waals surface area contributed by atoms with Crippen molar-refractivity contribution in [2.45, 2.75) is 38.4 Å². The van der Waals surface area contributed by atoms with Crippen molar-refractivity contribution < 1.29 is 0 Å². The molecule has 0 rings (SSSR count). The molecule has 0 heterocycles. The Bertz CT molecular complexity index is 83.6. The van der Waals surface area contributed by atoms with Crippen molar-refractivity contribution in [1.82, 2.24) is 0 Å². The second-order valence-electron chi connectivity index (χ2n) is 2.99. The van der Waals surface area contributed by atoms with E-state index in [-0.39, 0.29) is 0 Å². The predicted octanol–water partition coefficient (Wildman–Crippen LogP) is 3.94. The van der Waals surface area contributed by atoms with E-state index in [1.165, 1.54) is 24.3 Å². The summed E-state index contributed by atoms with van der Waals surface area (Å²) in [6.07, 6.45) is 2.73. The maximum Gasteiger partial charge on any atom is 0.0143 e. The van der Waals surface area contributed by atoms with Crippen molar-refractivity contribution in [1.29, 1.82) is 0 Å². The average Bonchev–Trinajstić information content (AvgIpc) is 1.97. The van der Waals surface area contributed by atoms with Gasteiger partial charge in [-0.3, -0.25) is 0 Å². The lowest BCUT2D eigenvalue weighted by Gasteiger charge is -2.12. The van der Waals surface area contributed by atoms with Gasteiger partial charge in [0.25, 0.3) is 0 Å². The van der Waals surface area contributed by atoms with E-state index >= 15 is 0 Å². The van der Waals surface area contributed by atoms with Crippen LogP contribution in [-0.2, 0) is 0 Å². The summed E-state index contributed by atoms with van der Waals surface area (Å²) in [6, 6.07) is 0. The molecule has 2 unspecified atom stereocenters. The van der Waals surface area contributed by atoms with Crippen LogP contribution in [0.2, 0.25) is 0 Å². The van der Waals surface area contributed by atoms with Crippen molar-refractivity contribution in [2.24, 2.45) is 5.92 Å². The molecule has 68 valence electrons. The Morgan fingerprint density at radius 2 is 2.00 bits per heavy atom. The van der Waals surface area contributed by atoms with Gasteiger partial charge in [0.1, 0.15) is 0 Å². The molecule has 0 amide bonds. The van der Waals surface area contributed by atoms with Crippen LogP contribution in [0.1, 0.15) is 33.6 Å². The van der Waals surface area contributed by atoms with Gasteiger partial charge in [0.15, 0.2) is 0 Å². The fourth-order valence-corrected chi connectivity index (χ4v) is 1.81. The van der Waals surface area contributed by atoms with Crippen molar-refractivity contribution in [3.63, 3.8) is 0 Å². The fraction of sp³-hybridized carbons (Fsp3) is 1.00. The Balaban J connectivity index is 3.10. The van der Waals surface area contributed by atoms with Gasteiger partial charge in [-0.1, -0.05) is 36.7 Å². The first-order chi connectivity index (χ1) is 5.18. The molecule has 0 aromatic carbocycles. The van der Waals surface area contributed by atoms with E-state index < -0.39 is 0 Å². The van der Waals surface area contributed by atoms with Gasteiger partial charge in [-0.15, -0.1) is 0 Å². The molecule has 2 atom stereocenters. The lowest BCUT2D eigenvalue weighted by atomic mass is 10.0. The Hall–Kier alpha value is 0.830. The van der Waals surface area contributed by atoms with Gasteiger partial charge in [0.2, 0.25) is 0 Å². The second-order valence-corrected chi connectivity index (χ2v) is 5.83. The van der Waals surface area contributed by atoms with Gasteiger partial charge >= 0.3 is 0 Å². The zero-order valence-corrected chi connectivity index (χ0v) is 10.2. The van der Waals surface area contributed by atoms with Gasteiger partial charge in [-0.2, -0.15) is 11.8 Å². The van der Waals surface area contributed by atoms with Crippen LogP contribution in [0.15, 0.2) is 0 Å². The summed E-state index contributed by atoms with van der Waals surface area (Å²) in [6.45, 7) is 6.77. The molecule has 0 bridgehead atoms. The summed E-state index contributed by atoms with van der Waals surface area (Å²) in [5.74, 6) is 3.42. The molecule has 0 aliphatic heterocycles. The Morgan fingerprint density at radius 3 is 2.45 bits per heavy atom. The minimum Gasteiger partial charge on any atom is -0.162 e. The number of halogens is 1. The maximum absolute atomic E-state index is 3.60. The highest BCUT2D eigenvalue weighted by molar-refractivity contribution is 9.09. The molecule has 0 aliphatic rings. The minimum atomic E-state index is 0.675. The van der Waals surface area contributed by atoms with Gasteiger partial charge in [-0.25, -0.2) is 0 Å². The normalized spacial score (nSPS) is 16.4. The van der Waals surface area contributed by atoms with Gasteiger partial charge in [-0.05, 0) is 30.3 Å². The fourth-order valence-electron chi connectivity index (χ4n) is 0.881. The third-order valence-electron chi connectivity index (χ3n) is 1.94. The quantitative estimate of drug-likeness (QED) is 0.499. The summed E-state index contributed by atoms with van der Waals surface area (Å²) < 4.78 is 0. The zero-order valence-electron chi connectivity index (χ0n) is 7.77. The Kier molecular flexibility index (Phi) is 8.04. The summed E-state index contributed by atoms with van der Waals surface area (Å²) in [5, 5.41) is 0. The number of alkyl halides is 1. The van der Waals surface area contributed by atoms with Crippen LogP contribution >= 0.6 is 27.7 Å². The van der Waals surface area contributed by atoms with Crippen LogP contribution < -0.4 is 0 Å². The van der Waals surface area contributed by atoms with Gasteiger partial charge < -0.3 is 0 Å². The molecule has 0 N–H and O–H groups in total. The monoisotopic (exact) mass is 238 g/mol. The standard InChI is InChI=1S/C9H19BrS/c1-4-11-7-5-6-8(2)9(3)10/h8-9H,4-7H2,1-3H3. The predicted molar refractivity (Wildman–Crippen MR) is 59.8 cm³/mol. The maximum atomic E-state index is 3.60. The number of thioether (sulfide) groups is 1. The molecule has 0 radical (unpaired) electrons. The summed E-state index contributed by atoms with van der Waals surface area (Å²) in [4.78, 5) is 0.675. The highest BCUT2D eigenvalue weighted by Gasteiger charge is 2.06. The van der Waals surface area contributed by atoms with Crippen molar-refractivity contribution in [2.75, 3.05) is 11.5 Å². The van der Waals surface area contributed by atoms with E-state index in [1.54, 1.807) is 0 Å². The second kappa shape index (κ2) is 7.48. The molecule has 0 aromatic rings. The summed E-state index contributed by atoms with van der Waals surface area (Å²) in [5.41, 5.74) is 0. The van der Waals surface area contributed by atoms with Crippen molar-refractivity contribution in [3.8, 4) is 0 Å². The van der Waals surface area contributed by atoms with E-state index in [9.17, 15) is 0 Å². The van der Waals surface area contributed by atoms with E-state index in [0.29, 0.717) is 4.83 Å². The molecule has 0 fully saturated rings.